The molecule has 0 fully saturated rings. The molecule has 0 N–H and O–H groups in total. The molecule has 0 amide bonds. The van der Waals surface area contributed by atoms with Crippen molar-refractivity contribution in [2.24, 2.45) is 0 Å². The van der Waals surface area contributed by atoms with Gasteiger partial charge >= 0.3 is 0 Å². The quantitative estimate of drug-likeness (QED) is 0.865. The Morgan fingerprint density at radius 3 is 2.82 bits per heavy atom. The maximum absolute atomic E-state index is 5.56. The van der Waals surface area contributed by atoms with Gasteiger partial charge in [0.05, 0.1) is 7.11 Å². The lowest BCUT2D eigenvalue weighted by Crippen LogP contribution is -1.97. The molecule has 2 rings (SSSR count). The van der Waals surface area contributed by atoms with Gasteiger partial charge in [-0.2, -0.15) is 0 Å². The lowest BCUT2D eigenvalue weighted by molar-refractivity contribution is 0.293. The number of pyridine rings is 1. The second kappa shape index (κ2) is 5.68. The third-order valence-electron chi connectivity index (χ3n) is 2.22. The van der Waals surface area contributed by atoms with Crippen molar-refractivity contribution in [1.29, 1.82) is 0 Å². The van der Waals surface area contributed by atoms with Gasteiger partial charge in [0, 0.05) is 16.7 Å². The van der Waals surface area contributed by atoms with Crippen LogP contribution in [-0.4, -0.2) is 12.1 Å². The van der Waals surface area contributed by atoms with Crippen molar-refractivity contribution in [2.75, 3.05) is 7.11 Å². The summed E-state index contributed by atoms with van der Waals surface area (Å²) >= 11 is 3.33. The molecule has 0 unspecified atom stereocenters. The van der Waals surface area contributed by atoms with Crippen LogP contribution in [0.15, 0.2) is 47.1 Å². The van der Waals surface area contributed by atoms with Crippen molar-refractivity contribution in [1.82, 2.24) is 4.98 Å². The summed E-state index contributed by atoms with van der Waals surface area (Å²) < 4.78 is 11.6. The van der Waals surface area contributed by atoms with E-state index in [1.165, 1.54) is 0 Å². The summed E-state index contributed by atoms with van der Waals surface area (Å²) in [5.41, 5.74) is 1.05. The molecule has 0 spiro atoms. The zero-order chi connectivity index (χ0) is 12.1. The first-order valence-electron chi connectivity index (χ1n) is 5.15. The van der Waals surface area contributed by atoms with E-state index < -0.39 is 0 Å². The average Bonchev–Trinajstić information content (AvgIpc) is 2.38. The molecule has 0 aliphatic carbocycles. The van der Waals surface area contributed by atoms with E-state index in [9.17, 15) is 0 Å². The molecule has 0 aliphatic rings. The van der Waals surface area contributed by atoms with Crippen LogP contribution >= 0.6 is 15.9 Å². The predicted octanol–water partition coefficient (Wildman–Crippen LogP) is 3.43. The normalized spacial score (nSPS) is 10.0. The smallest absolute Gasteiger partial charge is 0.213 e. The number of methoxy groups -OCH3 is 1. The molecule has 2 aromatic rings. The minimum absolute atomic E-state index is 0.478. The summed E-state index contributed by atoms with van der Waals surface area (Å²) in [4.78, 5) is 4.14. The molecule has 0 atom stereocenters. The minimum Gasteiger partial charge on any atom is -0.497 e. The van der Waals surface area contributed by atoms with E-state index >= 15 is 0 Å². The van der Waals surface area contributed by atoms with Crippen LogP contribution < -0.4 is 9.47 Å². The maximum atomic E-state index is 5.56. The van der Waals surface area contributed by atoms with Gasteiger partial charge in [-0.1, -0.05) is 12.1 Å². The monoisotopic (exact) mass is 293 g/mol. The van der Waals surface area contributed by atoms with Gasteiger partial charge in [-0.3, -0.25) is 0 Å². The largest absolute Gasteiger partial charge is 0.497 e. The maximum Gasteiger partial charge on any atom is 0.213 e. The molecule has 0 saturated heterocycles. The molecule has 0 aliphatic heterocycles. The van der Waals surface area contributed by atoms with E-state index in [2.05, 4.69) is 20.9 Å². The molecule has 88 valence electrons. The SMILES string of the molecule is COc1cccc(COc2ccc(Br)cn2)c1. The third-order valence-corrected chi connectivity index (χ3v) is 2.69. The van der Waals surface area contributed by atoms with Gasteiger partial charge in [-0.25, -0.2) is 4.98 Å². The van der Waals surface area contributed by atoms with Crippen molar-refractivity contribution in [3.05, 3.63) is 52.6 Å². The molecule has 1 aromatic heterocycles. The van der Waals surface area contributed by atoms with Gasteiger partial charge < -0.3 is 9.47 Å². The van der Waals surface area contributed by atoms with Gasteiger partial charge in [-0.15, -0.1) is 0 Å². The number of benzene rings is 1. The molecular weight excluding hydrogens is 282 g/mol. The van der Waals surface area contributed by atoms with E-state index in [4.69, 9.17) is 9.47 Å². The predicted molar refractivity (Wildman–Crippen MR) is 69.3 cm³/mol. The zero-order valence-electron chi connectivity index (χ0n) is 9.39. The fourth-order valence-electron chi connectivity index (χ4n) is 1.37. The third kappa shape index (κ3) is 3.46. The van der Waals surface area contributed by atoms with Crippen LogP contribution in [0.2, 0.25) is 0 Å². The Kier molecular flexibility index (Phi) is 3.98. The average molecular weight is 294 g/mol. The molecule has 17 heavy (non-hydrogen) atoms. The Bertz CT molecular complexity index is 485. The summed E-state index contributed by atoms with van der Waals surface area (Å²) in [5, 5.41) is 0. The van der Waals surface area contributed by atoms with Crippen LogP contribution in [-0.2, 0) is 6.61 Å². The number of hydrogen-bond acceptors (Lipinski definition) is 3. The zero-order valence-corrected chi connectivity index (χ0v) is 11.0. The molecule has 0 radical (unpaired) electrons. The summed E-state index contributed by atoms with van der Waals surface area (Å²) in [6, 6.07) is 11.5. The highest BCUT2D eigenvalue weighted by molar-refractivity contribution is 9.10. The molecule has 3 nitrogen and oxygen atoms in total. The Hall–Kier alpha value is -1.55. The molecule has 1 aromatic carbocycles. The Labute approximate surface area is 109 Å². The van der Waals surface area contributed by atoms with Gasteiger partial charge in [0.1, 0.15) is 12.4 Å². The van der Waals surface area contributed by atoms with Gasteiger partial charge in [0.2, 0.25) is 5.88 Å². The second-order valence-electron chi connectivity index (χ2n) is 3.45. The van der Waals surface area contributed by atoms with Crippen molar-refractivity contribution in [3.8, 4) is 11.6 Å². The van der Waals surface area contributed by atoms with Crippen LogP contribution in [0.4, 0.5) is 0 Å². The number of halogens is 1. The highest BCUT2D eigenvalue weighted by atomic mass is 79.9. The topological polar surface area (TPSA) is 31.4 Å². The number of hydrogen-bond donors (Lipinski definition) is 0. The number of aromatic nitrogens is 1. The first-order chi connectivity index (χ1) is 8.28. The van der Waals surface area contributed by atoms with Gasteiger partial charge in [0.25, 0.3) is 0 Å². The van der Waals surface area contributed by atoms with Crippen LogP contribution in [0, 0.1) is 0 Å². The fourth-order valence-corrected chi connectivity index (χ4v) is 1.60. The highest BCUT2D eigenvalue weighted by Crippen LogP contribution is 2.16. The van der Waals surface area contributed by atoms with Gasteiger partial charge in [0.15, 0.2) is 0 Å². The van der Waals surface area contributed by atoms with Crippen LogP contribution in [0.25, 0.3) is 0 Å². The van der Waals surface area contributed by atoms with Crippen molar-refractivity contribution < 1.29 is 9.47 Å². The standard InChI is InChI=1S/C13H12BrNO2/c1-16-12-4-2-3-10(7-12)9-17-13-6-5-11(14)8-15-13/h2-8H,9H2,1H3. The number of rotatable bonds is 4. The van der Waals surface area contributed by atoms with Crippen molar-refractivity contribution in [2.45, 2.75) is 6.61 Å². The van der Waals surface area contributed by atoms with Crippen molar-refractivity contribution in [3.63, 3.8) is 0 Å². The Morgan fingerprint density at radius 1 is 1.24 bits per heavy atom. The summed E-state index contributed by atoms with van der Waals surface area (Å²) in [5.74, 6) is 1.44. The minimum atomic E-state index is 0.478. The Morgan fingerprint density at radius 2 is 2.12 bits per heavy atom. The summed E-state index contributed by atoms with van der Waals surface area (Å²) in [6.45, 7) is 0.478. The van der Waals surface area contributed by atoms with E-state index in [1.807, 2.05) is 36.4 Å². The second-order valence-corrected chi connectivity index (χ2v) is 4.37. The lowest BCUT2D eigenvalue weighted by atomic mass is 10.2. The first kappa shape index (κ1) is 11.9. The molecule has 4 heteroatoms. The van der Waals surface area contributed by atoms with E-state index in [0.29, 0.717) is 12.5 Å². The van der Waals surface area contributed by atoms with E-state index in [1.54, 1.807) is 13.3 Å². The lowest BCUT2D eigenvalue weighted by Gasteiger charge is -2.06. The molecule has 0 bridgehead atoms. The number of nitrogens with zero attached hydrogens (tertiary/aromatic N) is 1. The first-order valence-corrected chi connectivity index (χ1v) is 5.94. The van der Waals surface area contributed by atoms with Crippen LogP contribution in [0.5, 0.6) is 11.6 Å². The van der Waals surface area contributed by atoms with E-state index in [-0.39, 0.29) is 0 Å². The molecular formula is C13H12BrNO2. The summed E-state index contributed by atoms with van der Waals surface area (Å²) in [7, 11) is 1.65. The molecule has 1 heterocycles. The fraction of sp³-hybridized carbons (Fsp3) is 0.154. The number of ether oxygens (including phenoxy) is 2. The van der Waals surface area contributed by atoms with Crippen LogP contribution in [0.1, 0.15) is 5.56 Å². The molecule has 0 saturated carbocycles. The van der Waals surface area contributed by atoms with E-state index in [0.717, 1.165) is 15.8 Å². The summed E-state index contributed by atoms with van der Waals surface area (Å²) in [6.07, 6.45) is 1.71. The van der Waals surface area contributed by atoms with Gasteiger partial charge in [-0.05, 0) is 39.7 Å². The Balaban J connectivity index is 1.99. The van der Waals surface area contributed by atoms with Crippen LogP contribution in [0.3, 0.4) is 0 Å². The highest BCUT2D eigenvalue weighted by Gasteiger charge is 1.99. The van der Waals surface area contributed by atoms with Crippen molar-refractivity contribution >= 4 is 15.9 Å².